The number of H-pyrrole nitrogens is 1. The van der Waals surface area contributed by atoms with Gasteiger partial charge in [-0.25, -0.2) is 0 Å². The zero-order valence-corrected chi connectivity index (χ0v) is 10.7. The number of nitrogens with zero attached hydrogens (tertiary/aromatic N) is 2. The molecular weight excluding hydrogens is 242 g/mol. The number of rotatable bonds is 3. The minimum absolute atomic E-state index is 0.737. The summed E-state index contributed by atoms with van der Waals surface area (Å²) in [6, 6.07) is 7.63. The molecule has 0 saturated heterocycles. The molecule has 0 saturated carbocycles. The number of fused-ring (bicyclic) bond motifs is 1. The average molecular weight is 255 g/mol. The lowest BCUT2D eigenvalue weighted by Gasteiger charge is -2.08. The van der Waals surface area contributed by atoms with Gasteiger partial charge in [-0.15, -0.1) is 0 Å². The smallest absolute Gasteiger partial charge is 0.123 e. The molecule has 19 heavy (non-hydrogen) atoms. The molecule has 2 heterocycles. The molecule has 1 N–H and O–H groups in total. The molecule has 0 atom stereocenters. The summed E-state index contributed by atoms with van der Waals surface area (Å²) in [4.78, 5) is 4.43. The van der Waals surface area contributed by atoms with E-state index in [1.165, 1.54) is 0 Å². The highest BCUT2D eigenvalue weighted by atomic mass is 16.5. The van der Waals surface area contributed by atoms with E-state index in [9.17, 15) is 0 Å². The lowest BCUT2D eigenvalue weighted by molar-refractivity contribution is 0.394. The first-order valence-electron chi connectivity index (χ1n) is 5.83. The Bertz CT molecular complexity index is 699. The van der Waals surface area contributed by atoms with Crippen LogP contribution in [0.25, 0.3) is 22.2 Å². The number of aromatic nitrogens is 3. The Morgan fingerprint density at radius 3 is 2.37 bits per heavy atom. The van der Waals surface area contributed by atoms with Gasteiger partial charge in [-0.3, -0.25) is 10.1 Å². The van der Waals surface area contributed by atoms with Crippen LogP contribution >= 0.6 is 0 Å². The van der Waals surface area contributed by atoms with Gasteiger partial charge in [0.1, 0.15) is 11.5 Å². The van der Waals surface area contributed by atoms with Gasteiger partial charge in [-0.05, 0) is 18.2 Å². The lowest BCUT2D eigenvalue weighted by atomic mass is 10.1. The van der Waals surface area contributed by atoms with E-state index in [1.807, 2.05) is 24.3 Å². The Morgan fingerprint density at radius 1 is 0.947 bits per heavy atom. The first-order valence-corrected chi connectivity index (χ1v) is 5.83. The van der Waals surface area contributed by atoms with Gasteiger partial charge in [-0.2, -0.15) is 5.10 Å². The molecule has 0 aliphatic carbocycles. The van der Waals surface area contributed by atoms with Gasteiger partial charge < -0.3 is 9.47 Å². The quantitative estimate of drug-likeness (QED) is 0.781. The Morgan fingerprint density at radius 2 is 1.68 bits per heavy atom. The third-order valence-corrected chi connectivity index (χ3v) is 2.97. The van der Waals surface area contributed by atoms with Crippen molar-refractivity contribution in [3.8, 4) is 22.8 Å². The Hall–Kier alpha value is -2.56. The van der Waals surface area contributed by atoms with Crippen LogP contribution in [-0.4, -0.2) is 29.4 Å². The van der Waals surface area contributed by atoms with E-state index in [2.05, 4.69) is 15.2 Å². The molecule has 0 spiro atoms. The molecular formula is C14H13N3O2. The fraction of sp³-hybridized carbons (Fsp3) is 0.143. The van der Waals surface area contributed by atoms with Crippen molar-refractivity contribution in [2.45, 2.75) is 0 Å². The van der Waals surface area contributed by atoms with E-state index < -0.39 is 0 Å². The van der Waals surface area contributed by atoms with Gasteiger partial charge in [0.25, 0.3) is 0 Å². The number of hydrogen-bond acceptors (Lipinski definition) is 4. The van der Waals surface area contributed by atoms with Crippen LogP contribution in [0.5, 0.6) is 11.5 Å². The van der Waals surface area contributed by atoms with Crippen LogP contribution in [0.4, 0.5) is 0 Å². The molecule has 0 fully saturated rings. The normalized spacial score (nSPS) is 10.6. The number of pyridine rings is 1. The van der Waals surface area contributed by atoms with E-state index in [1.54, 1.807) is 26.6 Å². The molecule has 0 amide bonds. The molecule has 2 aromatic heterocycles. The Labute approximate surface area is 110 Å². The van der Waals surface area contributed by atoms with Crippen molar-refractivity contribution < 1.29 is 9.47 Å². The first-order chi connectivity index (χ1) is 9.30. The maximum Gasteiger partial charge on any atom is 0.123 e. The van der Waals surface area contributed by atoms with Gasteiger partial charge >= 0.3 is 0 Å². The van der Waals surface area contributed by atoms with Crippen molar-refractivity contribution in [2.75, 3.05) is 14.2 Å². The third-order valence-electron chi connectivity index (χ3n) is 2.97. The first kappa shape index (κ1) is 11.5. The molecule has 5 heteroatoms. The second-order valence-corrected chi connectivity index (χ2v) is 4.13. The monoisotopic (exact) mass is 255 g/mol. The number of nitrogens with one attached hydrogen (secondary N) is 1. The number of benzene rings is 1. The van der Waals surface area contributed by atoms with E-state index in [0.29, 0.717) is 0 Å². The Kier molecular flexibility index (Phi) is 2.79. The highest BCUT2D eigenvalue weighted by Gasteiger charge is 2.07. The third kappa shape index (κ3) is 2.10. The van der Waals surface area contributed by atoms with Crippen LogP contribution in [-0.2, 0) is 0 Å². The topological polar surface area (TPSA) is 60.0 Å². The molecule has 3 aromatic rings. The van der Waals surface area contributed by atoms with Crippen LogP contribution in [0.3, 0.4) is 0 Å². The Balaban J connectivity index is 2.13. The van der Waals surface area contributed by atoms with Crippen molar-refractivity contribution in [3.05, 3.63) is 36.7 Å². The van der Waals surface area contributed by atoms with Crippen molar-refractivity contribution in [1.82, 2.24) is 15.2 Å². The minimum Gasteiger partial charge on any atom is -0.497 e. The van der Waals surface area contributed by atoms with Crippen LogP contribution < -0.4 is 9.47 Å². The van der Waals surface area contributed by atoms with Crippen molar-refractivity contribution in [2.24, 2.45) is 0 Å². The van der Waals surface area contributed by atoms with Gasteiger partial charge in [0.15, 0.2) is 0 Å². The van der Waals surface area contributed by atoms with Crippen LogP contribution in [0.2, 0.25) is 0 Å². The second kappa shape index (κ2) is 4.61. The molecule has 5 nitrogen and oxygen atoms in total. The van der Waals surface area contributed by atoms with Crippen LogP contribution in [0.1, 0.15) is 0 Å². The predicted molar refractivity (Wildman–Crippen MR) is 72.4 cm³/mol. The van der Waals surface area contributed by atoms with Crippen molar-refractivity contribution in [3.63, 3.8) is 0 Å². The van der Waals surface area contributed by atoms with Crippen molar-refractivity contribution >= 4 is 10.9 Å². The zero-order valence-electron chi connectivity index (χ0n) is 10.7. The van der Waals surface area contributed by atoms with E-state index in [0.717, 1.165) is 33.7 Å². The standard InChI is InChI=1S/C14H13N3O2/c1-18-11-3-9(4-12(5-11)19-2)13-6-14-10(7-15-13)8-16-17-14/h3-8H,1-2H3,(H,16,17). The molecule has 96 valence electrons. The molecule has 0 radical (unpaired) electrons. The highest BCUT2D eigenvalue weighted by Crippen LogP contribution is 2.29. The number of aromatic amines is 1. The summed E-state index contributed by atoms with van der Waals surface area (Å²) in [6.45, 7) is 0. The fourth-order valence-corrected chi connectivity index (χ4v) is 1.95. The van der Waals surface area contributed by atoms with Crippen LogP contribution in [0.15, 0.2) is 36.7 Å². The average Bonchev–Trinajstić information content (AvgIpc) is 2.94. The molecule has 1 aromatic carbocycles. The number of ether oxygens (including phenoxy) is 2. The molecule has 0 bridgehead atoms. The molecule has 0 aliphatic rings. The molecule has 0 aliphatic heterocycles. The SMILES string of the molecule is COc1cc(OC)cc(-c2cc3[nH]ncc3cn2)c1. The van der Waals surface area contributed by atoms with Gasteiger partial charge in [0.2, 0.25) is 0 Å². The van der Waals surface area contributed by atoms with Gasteiger partial charge in [0, 0.05) is 23.2 Å². The zero-order chi connectivity index (χ0) is 13.2. The summed E-state index contributed by atoms with van der Waals surface area (Å²) >= 11 is 0. The van der Waals surface area contributed by atoms with E-state index in [4.69, 9.17) is 9.47 Å². The van der Waals surface area contributed by atoms with Crippen molar-refractivity contribution in [1.29, 1.82) is 0 Å². The maximum atomic E-state index is 5.26. The summed E-state index contributed by atoms with van der Waals surface area (Å²) in [6.07, 6.45) is 3.54. The summed E-state index contributed by atoms with van der Waals surface area (Å²) in [5.41, 5.74) is 2.73. The summed E-state index contributed by atoms with van der Waals surface area (Å²) in [7, 11) is 3.26. The number of methoxy groups -OCH3 is 2. The summed E-state index contributed by atoms with van der Waals surface area (Å²) in [5.74, 6) is 1.47. The summed E-state index contributed by atoms with van der Waals surface area (Å²) < 4.78 is 10.5. The fourth-order valence-electron chi connectivity index (χ4n) is 1.95. The van der Waals surface area contributed by atoms with E-state index in [-0.39, 0.29) is 0 Å². The summed E-state index contributed by atoms with van der Waals surface area (Å²) in [5, 5.41) is 7.91. The lowest BCUT2D eigenvalue weighted by Crippen LogP contribution is -1.90. The minimum atomic E-state index is 0.737. The molecule has 0 unspecified atom stereocenters. The van der Waals surface area contributed by atoms with Gasteiger partial charge in [-0.1, -0.05) is 0 Å². The highest BCUT2D eigenvalue weighted by molar-refractivity contribution is 5.81. The number of hydrogen-bond donors (Lipinski definition) is 1. The van der Waals surface area contributed by atoms with E-state index >= 15 is 0 Å². The predicted octanol–water partition coefficient (Wildman–Crippen LogP) is 2.64. The maximum absolute atomic E-state index is 5.26. The van der Waals surface area contributed by atoms with Gasteiger partial charge in [0.05, 0.1) is 31.6 Å². The molecule has 3 rings (SSSR count). The van der Waals surface area contributed by atoms with Crippen LogP contribution in [0, 0.1) is 0 Å². The second-order valence-electron chi connectivity index (χ2n) is 4.13. The largest absolute Gasteiger partial charge is 0.497 e.